The molecule has 0 fully saturated rings. The van der Waals surface area contributed by atoms with E-state index in [1.807, 2.05) is 11.8 Å². The molecule has 0 saturated heterocycles. The molecule has 0 bridgehead atoms. The molecular formula is C19H23NS. The molecular weight excluding hydrogens is 274 g/mol. The van der Waals surface area contributed by atoms with Gasteiger partial charge in [-0.25, -0.2) is 0 Å². The molecule has 1 heterocycles. The molecule has 0 spiro atoms. The maximum Gasteiger partial charge on any atom is 0.0292 e. The zero-order valence-electron chi connectivity index (χ0n) is 12.8. The zero-order chi connectivity index (χ0) is 14.7. The Kier molecular flexibility index (Phi) is 4.67. The van der Waals surface area contributed by atoms with Crippen molar-refractivity contribution in [2.45, 2.75) is 42.4 Å². The van der Waals surface area contributed by atoms with Crippen LogP contribution in [0.25, 0.3) is 0 Å². The van der Waals surface area contributed by atoms with Gasteiger partial charge in [-0.2, -0.15) is 0 Å². The SMILES string of the molecule is CCc1ccc(CC(NC)C2Cc3ccccc3S2)cc1. The molecule has 1 nitrogen and oxygen atoms in total. The van der Waals surface area contributed by atoms with Crippen LogP contribution in [0.1, 0.15) is 23.6 Å². The van der Waals surface area contributed by atoms with Crippen LogP contribution in [0, 0.1) is 0 Å². The third kappa shape index (κ3) is 3.33. The van der Waals surface area contributed by atoms with Crippen LogP contribution in [-0.2, 0) is 19.3 Å². The third-order valence-electron chi connectivity index (χ3n) is 4.38. The number of nitrogens with one attached hydrogen (secondary N) is 1. The molecule has 0 aliphatic carbocycles. The van der Waals surface area contributed by atoms with Crippen LogP contribution >= 0.6 is 11.8 Å². The minimum absolute atomic E-state index is 0.523. The Hall–Kier alpha value is -1.25. The van der Waals surface area contributed by atoms with Gasteiger partial charge in [-0.15, -0.1) is 11.8 Å². The highest BCUT2D eigenvalue weighted by molar-refractivity contribution is 8.00. The first-order valence-corrected chi connectivity index (χ1v) is 8.67. The van der Waals surface area contributed by atoms with Gasteiger partial charge in [0.05, 0.1) is 0 Å². The van der Waals surface area contributed by atoms with E-state index in [-0.39, 0.29) is 0 Å². The van der Waals surface area contributed by atoms with Crippen molar-refractivity contribution in [2.24, 2.45) is 0 Å². The fourth-order valence-corrected chi connectivity index (χ4v) is 4.46. The second-order valence-corrected chi connectivity index (χ2v) is 7.02. The Labute approximate surface area is 132 Å². The average molecular weight is 297 g/mol. The summed E-state index contributed by atoms with van der Waals surface area (Å²) in [6.07, 6.45) is 3.40. The lowest BCUT2D eigenvalue weighted by atomic mass is 9.98. The van der Waals surface area contributed by atoms with Crippen molar-refractivity contribution in [2.75, 3.05) is 7.05 Å². The number of likely N-dealkylation sites (N-methyl/N-ethyl adjacent to an activating group) is 1. The molecule has 0 saturated carbocycles. The van der Waals surface area contributed by atoms with Gasteiger partial charge in [-0.05, 0) is 49.1 Å². The smallest absolute Gasteiger partial charge is 0.0292 e. The van der Waals surface area contributed by atoms with Gasteiger partial charge < -0.3 is 5.32 Å². The standard InChI is InChI=1S/C19H23NS/c1-3-14-8-10-15(11-9-14)12-17(20-2)19-13-16-6-4-5-7-18(16)21-19/h4-11,17,19-20H,3,12-13H2,1-2H3. The second-order valence-electron chi connectivity index (χ2n) is 5.74. The lowest BCUT2D eigenvalue weighted by Crippen LogP contribution is -2.37. The van der Waals surface area contributed by atoms with E-state index >= 15 is 0 Å². The van der Waals surface area contributed by atoms with Gasteiger partial charge in [0.15, 0.2) is 0 Å². The van der Waals surface area contributed by atoms with Crippen LogP contribution < -0.4 is 5.32 Å². The molecule has 2 aromatic carbocycles. The van der Waals surface area contributed by atoms with Gasteiger partial charge in [-0.1, -0.05) is 49.4 Å². The van der Waals surface area contributed by atoms with Crippen molar-refractivity contribution >= 4 is 11.8 Å². The lowest BCUT2D eigenvalue weighted by Gasteiger charge is -2.22. The number of fused-ring (bicyclic) bond motifs is 1. The van der Waals surface area contributed by atoms with Crippen LogP contribution in [0.15, 0.2) is 53.4 Å². The molecule has 21 heavy (non-hydrogen) atoms. The van der Waals surface area contributed by atoms with Crippen LogP contribution in [0.3, 0.4) is 0 Å². The number of rotatable bonds is 5. The summed E-state index contributed by atoms with van der Waals surface area (Å²) in [6.45, 7) is 2.21. The maximum absolute atomic E-state index is 3.54. The normalized spacial score (nSPS) is 18.5. The predicted octanol–water partition coefficient (Wildman–Crippen LogP) is 4.10. The molecule has 2 atom stereocenters. The molecule has 0 aromatic heterocycles. The molecule has 2 aromatic rings. The van der Waals surface area contributed by atoms with E-state index in [2.05, 4.69) is 67.8 Å². The van der Waals surface area contributed by atoms with E-state index in [0.29, 0.717) is 11.3 Å². The van der Waals surface area contributed by atoms with Gasteiger partial charge >= 0.3 is 0 Å². The van der Waals surface area contributed by atoms with Gasteiger partial charge in [0, 0.05) is 16.2 Å². The Morgan fingerprint density at radius 2 is 1.81 bits per heavy atom. The summed E-state index contributed by atoms with van der Waals surface area (Å²) in [5.74, 6) is 0. The summed E-state index contributed by atoms with van der Waals surface area (Å²) in [6, 6.07) is 18.4. The lowest BCUT2D eigenvalue weighted by molar-refractivity contribution is 0.537. The van der Waals surface area contributed by atoms with Crippen LogP contribution in [0.4, 0.5) is 0 Å². The Bertz CT molecular complexity index is 566. The molecule has 1 aliphatic heterocycles. The summed E-state index contributed by atoms with van der Waals surface area (Å²) in [4.78, 5) is 1.46. The first-order valence-electron chi connectivity index (χ1n) is 7.79. The van der Waals surface area contributed by atoms with Crippen LogP contribution in [-0.4, -0.2) is 18.3 Å². The minimum Gasteiger partial charge on any atom is -0.316 e. The Morgan fingerprint density at radius 1 is 1.10 bits per heavy atom. The molecule has 1 N–H and O–H groups in total. The van der Waals surface area contributed by atoms with E-state index in [4.69, 9.17) is 0 Å². The van der Waals surface area contributed by atoms with E-state index in [1.54, 1.807) is 0 Å². The summed E-state index contributed by atoms with van der Waals surface area (Å²) < 4.78 is 0. The van der Waals surface area contributed by atoms with Gasteiger partial charge in [-0.3, -0.25) is 0 Å². The summed E-state index contributed by atoms with van der Waals surface area (Å²) in [7, 11) is 2.09. The zero-order valence-corrected chi connectivity index (χ0v) is 13.6. The van der Waals surface area contributed by atoms with Crippen molar-refractivity contribution in [3.05, 3.63) is 65.2 Å². The number of thioether (sulfide) groups is 1. The number of benzene rings is 2. The molecule has 2 unspecified atom stereocenters. The third-order valence-corrected chi connectivity index (χ3v) is 5.83. The van der Waals surface area contributed by atoms with Crippen LogP contribution in [0.5, 0.6) is 0 Å². The second kappa shape index (κ2) is 6.67. The average Bonchev–Trinajstić information content (AvgIpc) is 2.97. The van der Waals surface area contributed by atoms with Gasteiger partial charge in [0.25, 0.3) is 0 Å². The summed E-state index contributed by atoms with van der Waals surface area (Å²) in [5, 5.41) is 4.17. The highest BCUT2D eigenvalue weighted by Crippen LogP contribution is 2.38. The monoisotopic (exact) mass is 297 g/mol. The van der Waals surface area contributed by atoms with Crippen molar-refractivity contribution in [3.8, 4) is 0 Å². The summed E-state index contributed by atoms with van der Waals surface area (Å²) >= 11 is 2.03. The van der Waals surface area contributed by atoms with E-state index in [9.17, 15) is 0 Å². The number of hydrogen-bond acceptors (Lipinski definition) is 2. The van der Waals surface area contributed by atoms with Crippen LogP contribution in [0.2, 0.25) is 0 Å². The van der Waals surface area contributed by atoms with E-state index in [0.717, 1.165) is 12.8 Å². The van der Waals surface area contributed by atoms with Crippen molar-refractivity contribution in [1.82, 2.24) is 5.32 Å². The Balaban J connectivity index is 1.68. The van der Waals surface area contributed by atoms with Gasteiger partial charge in [0.1, 0.15) is 0 Å². The van der Waals surface area contributed by atoms with Crippen molar-refractivity contribution < 1.29 is 0 Å². The molecule has 3 rings (SSSR count). The molecule has 110 valence electrons. The fraction of sp³-hybridized carbons (Fsp3) is 0.368. The maximum atomic E-state index is 3.54. The highest BCUT2D eigenvalue weighted by atomic mass is 32.2. The highest BCUT2D eigenvalue weighted by Gasteiger charge is 2.28. The number of aryl methyl sites for hydroxylation is 1. The van der Waals surface area contributed by atoms with E-state index < -0.39 is 0 Å². The Morgan fingerprint density at radius 3 is 2.48 bits per heavy atom. The fourth-order valence-electron chi connectivity index (χ4n) is 3.02. The van der Waals surface area contributed by atoms with E-state index in [1.165, 1.54) is 28.0 Å². The first-order chi connectivity index (χ1) is 10.3. The minimum atomic E-state index is 0.523. The van der Waals surface area contributed by atoms with Gasteiger partial charge in [0.2, 0.25) is 0 Å². The predicted molar refractivity (Wildman–Crippen MR) is 92.2 cm³/mol. The molecule has 0 radical (unpaired) electrons. The number of hydrogen-bond donors (Lipinski definition) is 1. The molecule has 0 amide bonds. The quantitative estimate of drug-likeness (QED) is 0.892. The summed E-state index contributed by atoms with van der Waals surface area (Å²) in [5.41, 5.74) is 4.36. The van der Waals surface area contributed by atoms with Crippen molar-refractivity contribution in [3.63, 3.8) is 0 Å². The topological polar surface area (TPSA) is 12.0 Å². The van der Waals surface area contributed by atoms with Crippen molar-refractivity contribution in [1.29, 1.82) is 0 Å². The molecule has 1 aliphatic rings. The molecule has 2 heteroatoms. The largest absolute Gasteiger partial charge is 0.316 e. The first kappa shape index (κ1) is 14.7.